The number of amidine groups is 1. The van der Waals surface area contributed by atoms with Crippen molar-refractivity contribution in [3.63, 3.8) is 0 Å². The van der Waals surface area contributed by atoms with Gasteiger partial charge in [-0.05, 0) is 25.7 Å². The highest BCUT2D eigenvalue weighted by Crippen LogP contribution is 2.35. The SMILES string of the molecule is CC(CC(F)(F)F)NC1=NC2CCCC2CS1. The van der Waals surface area contributed by atoms with Gasteiger partial charge in [-0.2, -0.15) is 13.2 Å². The Hall–Kier alpha value is -0.390. The molecule has 1 aliphatic carbocycles. The van der Waals surface area contributed by atoms with Crippen molar-refractivity contribution in [2.45, 2.75) is 50.9 Å². The lowest BCUT2D eigenvalue weighted by Crippen LogP contribution is -2.37. The monoisotopic (exact) mass is 266 g/mol. The summed E-state index contributed by atoms with van der Waals surface area (Å²) in [5, 5.41) is 3.58. The van der Waals surface area contributed by atoms with Crippen LogP contribution < -0.4 is 5.32 Å². The second kappa shape index (κ2) is 5.08. The van der Waals surface area contributed by atoms with Gasteiger partial charge in [-0.3, -0.25) is 4.99 Å². The molecule has 1 fully saturated rings. The number of halogens is 3. The summed E-state index contributed by atoms with van der Waals surface area (Å²) in [6.07, 6.45) is -1.41. The molecule has 3 unspecified atom stereocenters. The van der Waals surface area contributed by atoms with Gasteiger partial charge in [0.1, 0.15) is 0 Å². The average Bonchev–Trinajstić information content (AvgIpc) is 2.61. The van der Waals surface area contributed by atoms with Crippen molar-refractivity contribution in [2.75, 3.05) is 5.75 Å². The summed E-state index contributed by atoms with van der Waals surface area (Å²) in [6.45, 7) is 1.55. The number of nitrogens with one attached hydrogen (secondary N) is 1. The van der Waals surface area contributed by atoms with Crippen LogP contribution >= 0.6 is 11.8 Å². The zero-order valence-corrected chi connectivity index (χ0v) is 10.6. The molecule has 2 rings (SSSR count). The molecular formula is C11H17F3N2S. The molecule has 98 valence electrons. The Balaban J connectivity index is 1.87. The second-order valence-electron chi connectivity index (χ2n) is 4.87. The zero-order valence-electron chi connectivity index (χ0n) is 9.76. The van der Waals surface area contributed by atoms with Crippen LogP contribution in [0.2, 0.25) is 0 Å². The van der Waals surface area contributed by atoms with Crippen LogP contribution in [-0.2, 0) is 0 Å². The van der Waals surface area contributed by atoms with Gasteiger partial charge >= 0.3 is 6.18 Å². The van der Waals surface area contributed by atoms with E-state index in [0.717, 1.165) is 12.2 Å². The number of alkyl halides is 3. The molecule has 17 heavy (non-hydrogen) atoms. The van der Waals surface area contributed by atoms with Gasteiger partial charge in [0.2, 0.25) is 0 Å². The number of hydrogen-bond acceptors (Lipinski definition) is 3. The van der Waals surface area contributed by atoms with E-state index in [-0.39, 0.29) is 0 Å². The lowest BCUT2D eigenvalue weighted by Gasteiger charge is -2.25. The molecule has 1 aliphatic heterocycles. The van der Waals surface area contributed by atoms with E-state index in [2.05, 4.69) is 10.3 Å². The van der Waals surface area contributed by atoms with Crippen LogP contribution in [0, 0.1) is 5.92 Å². The molecule has 0 aromatic carbocycles. The minimum Gasteiger partial charge on any atom is -0.362 e. The van der Waals surface area contributed by atoms with Crippen molar-refractivity contribution in [1.82, 2.24) is 5.32 Å². The second-order valence-corrected chi connectivity index (χ2v) is 5.88. The topological polar surface area (TPSA) is 24.4 Å². The largest absolute Gasteiger partial charge is 0.391 e. The molecule has 0 spiro atoms. The molecule has 0 radical (unpaired) electrons. The normalized spacial score (nSPS) is 30.7. The lowest BCUT2D eigenvalue weighted by molar-refractivity contribution is -0.138. The van der Waals surface area contributed by atoms with Crippen molar-refractivity contribution >= 4 is 16.9 Å². The summed E-state index contributed by atoms with van der Waals surface area (Å²) in [7, 11) is 0. The fourth-order valence-electron chi connectivity index (χ4n) is 2.44. The highest BCUT2D eigenvalue weighted by molar-refractivity contribution is 8.13. The highest BCUT2D eigenvalue weighted by Gasteiger charge is 2.33. The summed E-state index contributed by atoms with van der Waals surface area (Å²) < 4.78 is 36.6. The maximum absolute atomic E-state index is 12.2. The fourth-order valence-corrected chi connectivity index (χ4v) is 3.70. The third-order valence-electron chi connectivity index (χ3n) is 3.24. The maximum Gasteiger partial charge on any atom is 0.391 e. The number of nitrogens with zero attached hydrogens (tertiary/aromatic N) is 1. The minimum absolute atomic E-state index is 0.344. The first-order chi connectivity index (χ1) is 7.94. The summed E-state index contributed by atoms with van der Waals surface area (Å²) in [5.74, 6) is 1.64. The maximum atomic E-state index is 12.2. The predicted octanol–water partition coefficient (Wildman–Crippen LogP) is 3.19. The third kappa shape index (κ3) is 3.79. The molecule has 0 bridgehead atoms. The summed E-state index contributed by atoms with van der Waals surface area (Å²) in [6, 6.07) is -0.254. The van der Waals surface area contributed by atoms with E-state index in [0.29, 0.717) is 17.1 Å². The zero-order chi connectivity index (χ0) is 12.5. The Morgan fingerprint density at radius 3 is 2.94 bits per heavy atom. The van der Waals surface area contributed by atoms with Gasteiger partial charge in [0.15, 0.2) is 5.17 Å². The van der Waals surface area contributed by atoms with E-state index in [1.165, 1.54) is 12.8 Å². The van der Waals surface area contributed by atoms with E-state index in [1.54, 1.807) is 18.7 Å². The van der Waals surface area contributed by atoms with Crippen LogP contribution in [0.3, 0.4) is 0 Å². The average molecular weight is 266 g/mol. The van der Waals surface area contributed by atoms with E-state index in [4.69, 9.17) is 0 Å². The Bertz CT molecular complexity index is 304. The van der Waals surface area contributed by atoms with Gasteiger partial charge in [-0.1, -0.05) is 18.2 Å². The minimum atomic E-state index is -4.11. The van der Waals surface area contributed by atoms with Gasteiger partial charge in [-0.25, -0.2) is 0 Å². The first kappa shape index (κ1) is 13.1. The van der Waals surface area contributed by atoms with Gasteiger partial charge in [0.05, 0.1) is 12.5 Å². The van der Waals surface area contributed by atoms with Crippen LogP contribution in [0.25, 0.3) is 0 Å². The van der Waals surface area contributed by atoms with Gasteiger partial charge in [-0.15, -0.1) is 0 Å². The van der Waals surface area contributed by atoms with Gasteiger partial charge in [0.25, 0.3) is 0 Å². The standard InChI is InChI=1S/C11H17F3N2S/c1-7(5-11(12,13)14)15-10-16-9-4-2-3-8(9)6-17-10/h7-9H,2-6H2,1H3,(H,15,16). The molecule has 1 saturated carbocycles. The fraction of sp³-hybridized carbons (Fsp3) is 0.909. The van der Waals surface area contributed by atoms with Crippen molar-refractivity contribution < 1.29 is 13.2 Å². The molecular weight excluding hydrogens is 249 g/mol. The number of hydrogen-bond donors (Lipinski definition) is 1. The molecule has 0 saturated heterocycles. The number of fused-ring (bicyclic) bond motifs is 1. The molecule has 3 atom stereocenters. The van der Waals surface area contributed by atoms with Crippen molar-refractivity contribution in [1.29, 1.82) is 0 Å². The molecule has 1 N–H and O–H groups in total. The Morgan fingerprint density at radius 1 is 1.47 bits per heavy atom. The van der Waals surface area contributed by atoms with Gasteiger partial charge in [0, 0.05) is 11.8 Å². The van der Waals surface area contributed by atoms with Crippen molar-refractivity contribution in [3.05, 3.63) is 0 Å². The number of thioether (sulfide) groups is 1. The summed E-state index contributed by atoms with van der Waals surface area (Å²) >= 11 is 1.57. The first-order valence-corrected chi connectivity index (χ1v) is 6.96. The Morgan fingerprint density at radius 2 is 2.24 bits per heavy atom. The third-order valence-corrected chi connectivity index (χ3v) is 4.34. The predicted molar refractivity (Wildman–Crippen MR) is 64.3 cm³/mol. The van der Waals surface area contributed by atoms with Crippen LogP contribution in [0.1, 0.15) is 32.6 Å². The number of aliphatic imine (C=N–C) groups is 1. The van der Waals surface area contributed by atoms with Crippen molar-refractivity contribution in [3.8, 4) is 0 Å². The van der Waals surface area contributed by atoms with Gasteiger partial charge < -0.3 is 5.32 Å². The van der Waals surface area contributed by atoms with Crippen molar-refractivity contribution in [2.24, 2.45) is 10.9 Å². The van der Waals surface area contributed by atoms with E-state index >= 15 is 0 Å². The van der Waals surface area contributed by atoms with E-state index in [9.17, 15) is 13.2 Å². The molecule has 0 amide bonds. The van der Waals surface area contributed by atoms with E-state index < -0.39 is 18.6 Å². The Kier molecular flexibility index (Phi) is 3.90. The summed E-state index contributed by atoms with van der Waals surface area (Å²) in [4.78, 5) is 4.51. The molecule has 2 nitrogen and oxygen atoms in total. The molecule has 0 aromatic rings. The molecule has 0 aromatic heterocycles. The quantitative estimate of drug-likeness (QED) is 0.830. The lowest BCUT2D eigenvalue weighted by atomic mass is 10.1. The molecule has 6 heteroatoms. The smallest absolute Gasteiger partial charge is 0.362 e. The summed E-state index contributed by atoms with van der Waals surface area (Å²) in [5.41, 5.74) is 0. The van der Waals surface area contributed by atoms with Crippen LogP contribution in [0.4, 0.5) is 13.2 Å². The van der Waals surface area contributed by atoms with Crippen LogP contribution in [0.15, 0.2) is 4.99 Å². The van der Waals surface area contributed by atoms with E-state index in [1.807, 2.05) is 0 Å². The van der Waals surface area contributed by atoms with Crippen LogP contribution in [-0.4, -0.2) is 29.2 Å². The molecule has 1 heterocycles. The van der Waals surface area contributed by atoms with Crippen LogP contribution in [0.5, 0.6) is 0 Å². The number of rotatable bonds is 2. The Labute approximate surface area is 103 Å². The highest BCUT2D eigenvalue weighted by atomic mass is 32.2. The first-order valence-electron chi connectivity index (χ1n) is 5.98. The molecule has 2 aliphatic rings.